The van der Waals surface area contributed by atoms with Crippen LogP contribution in [0.5, 0.6) is 0 Å². The number of Topliss-reactive ketones (excluding diaryl/α,β-unsaturated/α-hetero) is 1. The van der Waals surface area contributed by atoms with Gasteiger partial charge in [0.25, 0.3) is 0 Å². The Labute approximate surface area is 113 Å². The van der Waals surface area contributed by atoms with Crippen LogP contribution in [0.25, 0.3) is 0 Å². The molecule has 0 saturated carbocycles. The Hall–Kier alpha value is -1.23. The van der Waals surface area contributed by atoms with Gasteiger partial charge in [0.15, 0.2) is 5.78 Å². The third-order valence-corrected chi connectivity index (χ3v) is 3.07. The van der Waals surface area contributed by atoms with E-state index in [0.29, 0.717) is 11.1 Å². The van der Waals surface area contributed by atoms with Crippen LogP contribution in [-0.2, 0) is 6.42 Å². The van der Waals surface area contributed by atoms with E-state index in [0.717, 1.165) is 3.57 Å². The van der Waals surface area contributed by atoms with E-state index in [4.69, 9.17) is 0 Å². The topological polar surface area (TPSA) is 17.1 Å². The van der Waals surface area contributed by atoms with Crippen molar-refractivity contribution in [1.82, 2.24) is 0 Å². The molecule has 17 heavy (non-hydrogen) atoms. The zero-order valence-corrected chi connectivity index (χ0v) is 11.1. The lowest BCUT2D eigenvalue weighted by atomic mass is 10.0. The molecule has 0 amide bonds. The maximum Gasteiger partial charge on any atom is 0.167 e. The fourth-order valence-electron chi connectivity index (χ4n) is 1.60. The van der Waals surface area contributed by atoms with Gasteiger partial charge in [-0.2, -0.15) is 0 Å². The highest BCUT2D eigenvalue weighted by Gasteiger charge is 2.07. The van der Waals surface area contributed by atoms with Crippen molar-refractivity contribution in [3.63, 3.8) is 0 Å². The van der Waals surface area contributed by atoms with Crippen LogP contribution in [0.15, 0.2) is 48.5 Å². The minimum atomic E-state index is -0.307. The van der Waals surface area contributed by atoms with E-state index in [9.17, 15) is 9.18 Å². The first-order valence-electron chi connectivity index (χ1n) is 5.18. The lowest BCUT2D eigenvalue weighted by Crippen LogP contribution is -2.03. The molecule has 1 nitrogen and oxygen atoms in total. The Balaban J connectivity index is 2.17. The van der Waals surface area contributed by atoms with Gasteiger partial charge in [-0.15, -0.1) is 0 Å². The number of carbonyl (C=O) groups excluding carboxylic acids is 1. The van der Waals surface area contributed by atoms with Gasteiger partial charge in [-0.05, 0) is 52.4 Å². The summed E-state index contributed by atoms with van der Waals surface area (Å²) in [4.78, 5) is 12.0. The van der Waals surface area contributed by atoms with Crippen molar-refractivity contribution >= 4 is 28.4 Å². The number of hydrogen-bond donors (Lipinski definition) is 0. The summed E-state index contributed by atoms with van der Waals surface area (Å²) >= 11 is 2.16. The predicted octanol–water partition coefficient (Wildman–Crippen LogP) is 3.86. The van der Waals surface area contributed by atoms with Gasteiger partial charge in [-0.1, -0.05) is 24.3 Å². The van der Waals surface area contributed by atoms with Crippen LogP contribution in [-0.4, -0.2) is 5.78 Å². The second kappa shape index (κ2) is 5.40. The van der Waals surface area contributed by atoms with Crippen LogP contribution in [0.2, 0.25) is 0 Å². The van der Waals surface area contributed by atoms with Gasteiger partial charge in [0, 0.05) is 15.6 Å². The van der Waals surface area contributed by atoms with Crippen LogP contribution in [0.1, 0.15) is 15.9 Å². The van der Waals surface area contributed by atoms with Crippen molar-refractivity contribution < 1.29 is 9.18 Å². The third kappa shape index (κ3) is 3.36. The molecule has 0 aliphatic rings. The summed E-state index contributed by atoms with van der Waals surface area (Å²) in [6.45, 7) is 0. The molecule has 0 aliphatic heterocycles. The summed E-state index contributed by atoms with van der Waals surface area (Å²) in [6, 6.07) is 13.5. The average molecular weight is 340 g/mol. The Morgan fingerprint density at radius 3 is 2.59 bits per heavy atom. The molecule has 0 unspecified atom stereocenters. The van der Waals surface area contributed by atoms with Crippen molar-refractivity contribution in [2.45, 2.75) is 6.42 Å². The Kier molecular flexibility index (Phi) is 3.89. The fourth-order valence-corrected chi connectivity index (χ4v) is 2.14. The molecule has 2 aromatic carbocycles. The van der Waals surface area contributed by atoms with Gasteiger partial charge < -0.3 is 0 Å². The van der Waals surface area contributed by atoms with Gasteiger partial charge in [-0.3, -0.25) is 4.79 Å². The Morgan fingerprint density at radius 1 is 1.12 bits per heavy atom. The number of halogens is 2. The highest BCUT2D eigenvalue weighted by atomic mass is 127. The SMILES string of the molecule is O=C(Cc1cccc(F)c1)c1cccc(I)c1. The molecule has 2 aromatic rings. The predicted molar refractivity (Wildman–Crippen MR) is 73.6 cm³/mol. The summed E-state index contributed by atoms with van der Waals surface area (Å²) in [5.41, 5.74) is 1.37. The largest absolute Gasteiger partial charge is 0.294 e. The first-order chi connectivity index (χ1) is 8.15. The second-order valence-electron chi connectivity index (χ2n) is 3.74. The van der Waals surface area contributed by atoms with Crippen LogP contribution < -0.4 is 0 Å². The summed E-state index contributed by atoms with van der Waals surface area (Å²) < 4.78 is 14.0. The molecular formula is C14H10FIO. The van der Waals surface area contributed by atoms with Crippen molar-refractivity contribution in [2.24, 2.45) is 0 Å². The lowest BCUT2D eigenvalue weighted by molar-refractivity contribution is 0.0993. The molecule has 0 heterocycles. The molecule has 86 valence electrons. The lowest BCUT2D eigenvalue weighted by Gasteiger charge is -2.02. The number of benzene rings is 2. The molecule has 0 fully saturated rings. The van der Waals surface area contributed by atoms with E-state index >= 15 is 0 Å². The van der Waals surface area contributed by atoms with Gasteiger partial charge in [0.2, 0.25) is 0 Å². The van der Waals surface area contributed by atoms with Crippen LogP contribution in [0.4, 0.5) is 4.39 Å². The standard InChI is InChI=1S/C14H10FIO/c15-12-5-1-3-10(7-12)8-14(17)11-4-2-6-13(16)9-11/h1-7,9H,8H2. The van der Waals surface area contributed by atoms with E-state index in [1.807, 2.05) is 18.2 Å². The fraction of sp³-hybridized carbons (Fsp3) is 0.0714. The molecule has 0 N–H and O–H groups in total. The highest BCUT2D eigenvalue weighted by molar-refractivity contribution is 14.1. The van der Waals surface area contributed by atoms with Crippen molar-refractivity contribution in [3.8, 4) is 0 Å². The molecule has 0 aliphatic carbocycles. The van der Waals surface area contributed by atoms with Crippen molar-refractivity contribution in [2.75, 3.05) is 0 Å². The minimum Gasteiger partial charge on any atom is -0.294 e. The van der Waals surface area contributed by atoms with Gasteiger partial charge in [-0.25, -0.2) is 4.39 Å². The molecule has 3 heteroatoms. The van der Waals surface area contributed by atoms with Crippen molar-refractivity contribution in [3.05, 3.63) is 69.0 Å². The van der Waals surface area contributed by atoms with Crippen LogP contribution in [0.3, 0.4) is 0 Å². The Morgan fingerprint density at radius 2 is 1.88 bits per heavy atom. The quantitative estimate of drug-likeness (QED) is 0.613. The van der Waals surface area contributed by atoms with E-state index in [1.165, 1.54) is 12.1 Å². The number of ketones is 1. The zero-order valence-electron chi connectivity index (χ0n) is 8.99. The zero-order chi connectivity index (χ0) is 12.3. The maximum absolute atomic E-state index is 13.0. The molecule has 0 aromatic heterocycles. The maximum atomic E-state index is 13.0. The molecule has 2 rings (SSSR count). The summed E-state index contributed by atoms with van der Waals surface area (Å²) in [5, 5.41) is 0. The van der Waals surface area contributed by atoms with Gasteiger partial charge in [0.05, 0.1) is 0 Å². The van der Waals surface area contributed by atoms with E-state index in [-0.39, 0.29) is 18.0 Å². The van der Waals surface area contributed by atoms with Gasteiger partial charge >= 0.3 is 0 Å². The minimum absolute atomic E-state index is 0.00844. The van der Waals surface area contributed by atoms with E-state index < -0.39 is 0 Å². The smallest absolute Gasteiger partial charge is 0.167 e. The molecule has 0 saturated heterocycles. The molecule has 0 bridgehead atoms. The van der Waals surface area contributed by atoms with Crippen LogP contribution in [0, 0.1) is 9.39 Å². The number of rotatable bonds is 3. The molecule has 0 atom stereocenters. The second-order valence-corrected chi connectivity index (χ2v) is 4.99. The number of carbonyl (C=O) groups is 1. The summed E-state index contributed by atoms with van der Waals surface area (Å²) in [7, 11) is 0. The van der Waals surface area contributed by atoms with E-state index in [2.05, 4.69) is 22.6 Å². The summed E-state index contributed by atoms with van der Waals surface area (Å²) in [6.07, 6.45) is 0.234. The molecular weight excluding hydrogens is 330 g/mol. The highest BCUT2D eigenvalue weighted by Crippen LogP contribution is 2.12. The average Bonchev–Trinajstić information content (AvgIpc) is 2.29. The monoisotopic (exact) mass is 340 g/mol. The van der Waals surface area contributed by atoms with Gasteiger partial charge in [0.1, 0.15) is 5.82 Å². The summed E-state index contributed by atoms with van der Waals surface area (Å²) in [5.74, 6) is -0.299. The van der Waals surface area contributed by atoms with Crippen LogP contribution >= 0.6 is 22.6 Å². The third-order valence-electron chi connectivity index (χ3n) is 2.40. The molecule has 0 radical (unpaired) electrons. The first kappa shape index (κ1) is 12.2. The molecule has 0 spiro atoms. The Bertz CT molecular complexity index is 551. The van der Waals surface area contributed by atoms with E-state index in [1.54, 1.807) is 18.2 Å². The number of hydrogen-bond acceptors (Lipinski definition) is 1. The normalized spacial score (nSPS) is 10.2. The van der Waals surface area contributed by atoms with Crippen molar-refractivity contribution in [1.29, 1.82) is 0 Å². The first-order valence-corrected chi connectivity index (χ1v) is 6.26.